The number of aryl methyl sites for hydroxylation is 1. The summed E-state index contributed by atoms with van der Waals surface area (Å²) in [6, 6.07) is 8.57. The van der Waals surface area contributed by atoms with Gasteiger partial charge in [0.05, 0.1) is 5.70 Å². The average molecular weight is 278 g/mol. The summed E-state index contributed by atoms with van der Waals surface area (Å²) in [6.45, 7) is 10.6. The van der Waals surface area contributed by atoms with Crippen molar-refractivity contribution in [3.8, 4) is 0 Å². The van der Waals surface area contributed by atoms with Crippen LogP contribution in [-0.2, 0) is 6.42 Å². The molecular formula is C17H24ClN. The molecule has 1 aromatic carbocycles. The van der Waals surface area contributed by atoms with Crippen LogP contribution in [0.5, 0.6) is 0 Å². The highest BCUT2D eigenvalue weighted by Crippen LogP contribution is 2.26. The van der Waals surface area contributed by atoms with Crippen molar-refractivity contribution in [2.75, 3.05) is 0 Å². The van der Waals surface area contributed by atoms with Crippen LogP contribution in [-0.4, -0.2) is 5.17 Å². The number of benzene rings is 1. The van der Waals surface area contributed by atoms with Crippen LogP contribution in [0.3, 0.4) is 0 Å². The van der Waals surface area contributed by atoms with Crippen LogP contribution in [0.4, 0.5) is 0 Å². The molecule has 2 heteroatoms. The van der Waals surface area contributed by atoms with Crippen LogP contribution >= 0.6 is 11.6 Å². The Labute approximate surface area is 122 Å². The average Bonchev–Trinajstić information content (AvgIpc) is 2.35. The van der Waals surface area contributed by atoms with E-state index in [9.17, 15) is 0 Å². The molecule has 0 unspecified atom stereocenters. The Bertz CT molecular complexity index is 480. The molecule has 0 radical (unpaired) electrons. The van der Waals surface area contributed by atoms with Crippen molar-refractivity contribution >= 4 is 22.5 Å². The molecule has 0 aliphatic carbocycles. The van der Waals surface area contributed by atoms with E-state index in [2.05, 4.69) is 57.0 Å². The minimum atomic E-state index is 0.583. The zero-order valence-electron chi connectivity index (χ0n) is 12.6. The molecule has 1 nitrogen and oxygen atoms in total. The summed E-state index contributed by atoms with van der Waals surface area (Å²) >= 11 is 5.99. The lowest BCUT2D eigenvalue weighted by molar-refractivity contribution is 0.643. The minimum Gasteiger partial charge on any atom is -0.241 e. The number of allylic oxidation sites excluding steroid dienone is 1. The monoisotopic (exact) mass is 277 g/mol. The maximum absolute atomic E-state index is 5.99. The van der Waals surface area contributed by atoms with Crippen LogP contribution < -0.4 is 0 Å². The molecular weight excluding hydrogens is 254 g/mol. The van der Waals surface area contributed by atoms with Crippen molar-refractivity contribution in [1.29, 1.82) is 0 Å². The fourth-order valence-electron chi connectivity index (χ4n) is 2.21. The molecule has 1 aromatic rings. The van der Waals surface area contributed by atoms with Crippen molar-refractivity contribution in [2.24, 2.45) is 10.9 Å². The van der Waals surface area contributed by atoms with Gasteiger partial charge in [0, 0.05) is 5.56 Å². The van der Waals surface area contributed by atoms with Gasteiger partial charge in [-0.15, -0.1) is 0 Å². The van der Waals surface area contributed by atoms with Gasteiger partial charge in [-0.1, -0.05) is 50.6 Å². The lowest BCUT2D eigenvalue weighted by Crippen LogP contribution is -1.95. The number of aliphatic imine (C=N–C) groups is 1. The smallest absolute Gasteiger partial charge is 0.103 e. The Balaban J connectivity index is 3.27. The molecule has 1 rings (SSSR count). The van der Waals surface area contributed by atoms with Gasteiger partial charge in [-0.3, -0.25) is 0 Å². The normalized spacial score (nSPS) is 13.7. The van der Waals surface area contributed by atoms with Gasteiger partial charge in [0.25, 0.3) is 0 Å². The molecule has 0 aromatic heterocycles. The van der Waals surface area contributed by atoms with E-state index in [1.165, 1.54) is 11.1 Å². The fourth-order valence-corrected chi connectivity index (χ4v) is 2.29. The second-order valence-corrected chi connectivity index (χ2v) is 5.94. The molecule has 0 saturated carbocycles. The van der Waals surface area contributed by atoms with E-state index in [4.69, 9.17) is 11.6 Å². The van der Waals surface area contributed by atoms with Gasteiger partial charge in [-0.25, -0.2) is 4.99 Å². The molecule has 104 valence electrons. The topological polar surface area (TPSA) is 12.4 Å². The van der Waals surface area contributed by atoms with Gasteiger partial charge < -0.3 is 0 Å². The van der Waals surface area contributed by atoms with E-state index >= 15 is 0 Å². The lowest BCUT2D eigenvalue weighted by Gasteiger charge is -2.12. The first-order valence-corrected chi connectivity index (χ1v) is 7.31. The molecule has 0 fully saturated rings. The molecule has 0 heterocycles. The molecule has 19 heavy (non-hydrogen) atoms. The first-order valence-electron chi connectivity index (χ1n) is 6.93. The Morgan fingerprint density at radius 2 is 1.95 bits per heavy atom. The van der Waals surface area contributed by atoms with Crippen molar-refractivity contribution in [1.82, 2.24) is 0 Å². The van der Waals surface area contributed by atoms with Gasteiger partial charge in [-0.05, 0) is 49.8 Å². The standard InChI is InChI=1S/C17H24ClN/c1-6-15-8-7-9-16(11-15)17(19-14(5)18)13(4)10-12(2)3/h7-9,11-12H,6,10H2,1-5H3/b17-13+,19-14+. The van der Waals surface area contributed by atoms with E-state index in [0.717, 1.165) is 24.1 Å². The van der Waals surface area contributed by atoms with E-state index < -0.39 is 0 Å². The van der Waals surface area contributed by atoms with E-state index in [1.807, 2.05) is 6.92 Å². The maximum atomic E-state index is 5.99. The van der Waals surface area contributed by atoms with Gasteiger partial charge in [-0.2, -0.15) is 0 Å². The predicted octanol–water partition coefficient (Wildman–Crippen LogP) is 5.68. The zero-order chi connectivity index (χ0) is 14.4. The third-order valence-corrected chi connectivity index (χ3v) is 3.08. The summed E-state index contributed by atoms with van der Waals surface area (Å²) in [6.07, 6.45) is 2.08. The molecule has 0 saturated heterocycles. The molecule has 0 aliphatic heterocycles. The van der Waals surface area contributed by atoms with Gasteiger partial charge >= 0.3 is 0 Å². The Kier molecular flexibility index (Phi) is 6.30. The second-order valence-electron chi connectivity index (χ2n) is 5.39. The summed E-state index contributed by atoms with van der Waals surface area (Å²) in [4.78, 5) is 4.54. The van der Waals surface area contributed by atoms with E-state index in [-0.39, 0.29) is 0 Å². The van der Waals surface area contributed by atoms with Crippen LogP contribution in [0.25, 0.3) is 5.70 Å². The largest absolute Gasteiger partial charge is 0.241 e. The van der Waals surface area contributed by atoms with Crippen molar-refractivity contribution in [3.05, 3.63) is 41.0 Å². The van der Waals surface area contributed by atoms with Crippen LogP contribution in [0, 0.1) is 5.92 Å². The van der Waals surface area contributed by atoms with Crippen molar-refractivity contribution in [3.63, 3.8) is 0 Å². The first-order chi connectivity index (χ1) is 8.93. The number of hydrogen-bond donors (Lipinski definition) is 0. The van der Waals surface area contributed by atoms with Crippen molar-refractivity contribution in [2.45, 2.75) is 47.5 Å². The molecule has 0 atom stereocenters. The molecule has 0 bridgehead atoms. The van der Waals surface area contributed by atoms with Gasteiger partial charge in [0.1, 0.15) is 5.17 Å². The highest BCUT2D eigenvalue weighted by atomic mass is 35.5. The lowest BCUT2D eigenvalue weighted by atomic mass is 9.98. The van der Waals surface area contributed by atoms with E-state index in [1.54, 1.807) is 0 Å². The fraction of sp³-hybridized carbons (Fsp3) is 0.471. The summed E-state index contributed by atoms with van der Waals surface area (Å²) < 4.78 is 0. The third-order valence-electron chi connectivity index (χ3n) is 2.99. The molecule has 0 aliphatic rings. The zero-order valence-corrected chi connectivity index (χ0v) is 13.4. The molecule has 0 amide bonds. The summed E-state index contributed by atoms with van der Waals surface area (Å²) in [7, 11) is 0. The summed E-state index contributed by atoms with van der Waals surface area (Å²) in [5.74, 6) is 0.621. The first kappa shape index (κ1) is 16.0. The highest BCUT2D eigenvalue weighted by Gasteiger charge is 2.08. The number of hydrogen-bond acceptors (Lipinski definition) is 1. The van der Waals surface area contributed by atoms with Crippen LogP contribution in [0.15, 0.2) is 34.8 Å². The minimum absolute atomic E-state index is 0.583. The Morgan fingerprint density at radius 3 is 2.47 bits per heavy atom. The Hall–Kier alpha value is -1.08. The summed E-state index contributed by atoms with van der Waals surface area (Å²) in [5, 5.41) is 0.583. The Morgan fingerprint density at radius 1 is 1.26 bits per heavy atom. The molecule has 0 spiro atoms. The number of nitrogens with zero attached hydrogens (tertiary/aromatic N) is 1. The van der Waals surface area contributed by atoms with Crippen LogP contribution in [0.2, 0.25) is 0 Å². The van der Waals surface area contributed by atoms with Gasteiger partial charge in [0.15, 0.2) is 0 Å². The summed E-state index contributed by atoms with van der Waals surface area (Å²) in [5.41, 5.74) is 4.81. The molecule has 0 N–H and O–H groups in total. The maximum Gasteiger partial charge on any atom is 0.103 e. The third kappa shape index (κ3) is 5.20. The SMILES string of the molecule is CCc1cccc(C(/N=C(\C)Cl)=C(/C)CC(C)C)c1. The number of rotatable bonds is 5. The number of halogens is 1. The second kappa shape index (κ2) is 7.49. The van der Waals surface area contributed by atoms with Gasteiger partial charge in [0.2, 0.25) is 0 Å². The predicted molar refractivity (Wildman–Crippen MR) is 86.8 cm³/mol. The van der Waals surface area contributed by atoms with E-state index in [0.29, 0.717) is 11.1 Å². The highest BCUT2D eigenvalue weighted by molar-refractivity contribution is 6.65. The van der Waals surface area contributed by atoms with Crippen molar-refractivity contribution < 1.29 is 0 Å². The quantitative estimate of drug-likeness (QED) is 0.614. The van der Waals surface area contributed by atoms with Crippen LogP contribution in [0.1, 0.15) is 52.2 Å².